The fraction of sp³-hybridized carbons (Fsp3) is 0.353. The van der Waals surface area contributed by atoms with Crippen molar-refractivity contribution in [2.45, 2.75) is 18.9 Å². The average molecular weight is 405 g/mol. The molecule has 2 aromatic rings. The van der Waals surface area contributed by atoms with Crippen LogP contribution in [-0.4, -0.2) is 29.1 Å². The van der Waals surface area contributed by atoms with Crippen molar-refractivity contribution in [3.63, 3.8) is 0 Å². The second-order valence-corrected chi connectivity index (χ2v) is 8.37. The normalized spacial score (nSPS) is 17.8. The highest BCUT2D eigenvalue weighted by atomic mass is 35.5. The first kappa shape index (κ1) is 18.0. The molecule has 0 amide bonds. The van der Waals surface area contributed by atoms with E-state index in [1.54, 1.807) is 6.07 Å². The molecule has 0 radical (unpaired) electrons. The van der Waals surface area contributed by atoms with Gasteiger partial charge in [-0.1, -0.05) is 46.9 Å². The van der Waals surface area contributed by atoms with E-state index in [1.807, 2.05) is 24.3 Å². The monoisotopic (exact) mass is 403 g/mol. The summed E-state index contributed by atoms with van der Waals surface area (Å²) in [7, 11) is 0. The van der Waals surface area contributed by atoms with E-state index in [2.05, 4.69) is 4.90 Å². The van der Waals surface area contributed by atoms with Crippen LogP contribution in [0.3, 0.4) is 0 Å². The molecule has 1 aliphatic rings. The Morgan fingerprint density at radius 3 is 2.46 bits per heavy atom. The summed E-state index contributed by atoms with van der Waals surface area (Å²) in [4.78, 5) is 14.5. The Morgan fingerprint density at radius 2 is 1.88 bits per heavy atom. The van der Waals surface area contributed by atoms with Crippen molar-refractivity contribution in [3.05, 3.63) is 55.2 Å². The number of nitrogens with zero attached hydrogens (tertiary/aromatic N) is 1. The number of hydrogen-bond donors (Lipinski definition) is 1. The maximum atomic E-state index is 11.2. The number of likely N-dealkylation sites (tertiary alicyclic amines) is 1. The number of halogens is 3. The first-order valence-electron chi connectivity index (χ1n) is 7.63. The van der Waals surface area contributed by atoms with Gasteiger partial charge in [-0.25, -0.2) is 0 Å². The molecule has 0 aliphatic carbocycles. The fourth-order valence-corrected chi connectivity index (χ4v) is 4.77. The molecule has 3 nitrogen and oxygen atoms in total. The summed E-state index contributed by atoms with van der Waals surface area (Å²) in [5.41, 5.74) is 0.927. The van der Waals surface area contributed by atoms with Crippen molar-refractivity contribution in [2.75, 3.05) is 13.1 Å². The number of carboxylic acid groups (broad SMARTS) is 1. The van der Waals surface area contributed by atoms with Crippen LogP contribution in [0.15, 0.2) is 30.3 Å². The van der Waals surface area contributed by atoms with Gasteiger partial charge in [0.15, 0.2) is 0 Å². The van der Waals surface area contributed by atoms with Crippen LogP contribution < -0.4 is 0 Å². The largest absolute Gasteiger partial charge is 0.481 e. The third-order valence-electron chi connectivity index (χ3n) is 4.38. The molecule has 1 atom stereocenters. The second-order valence-electron chi connectivity index (χ2n) is 5.84. The molecule has 1 saturated heterocycles. The minimum absolute atomic E-state index is 0.0663. The van der Waals surface area contributed by atoms with E-state index in [9.17, 15) is 9.90 Å². The van der Waals surface area contributed by atoms with E-state index in [1.165, 1.54) is 11.3 Å². The molecular weight excluding hydrogens is 389 g/mol. The molecule has 1 aromatic heterocycles. The number of rotatable bonds is 4. The van der Waals surface area contributed by atoms with E-state index >= 15 is 0 Å². The predicted molar refractivity (Wildman–Crippen MR) is 99.6 cm³/mol. The van der Waals surface area contributed by atoms with Gasteiger partial charge in [-0.3, -0.25) is 9.69 Å². The van der Waals surface area contributed by atoms with Crippen LogP contribution in [0.1, 0.15) is 29.3 Å². The first-order chi connectivity index (χ1) is 11.5. The molecule has 3 rings (SSSR count). The van der Waals surface area contributed by atoms with Crippen LogP contribution in [0.2, 0.25) is 14.4 Å². The highest BCUT2D eigenvalue weighted by Gasteiger charge is 2.32. The van der Waals surface area contributed by atoms with E-state index < -0.39 is 5.97 Å². The number of thiophene rings is 1. The Kier molecular flexibility index (Phi) is 5.73. The summed E-state index contributed by atoms with van der Waals surface area (Å²) < 4.78 is 0.716. The molecule has 7 heteroatoms. The lowest BCUT2D eigenvalue weighted by Gasteiger charge is -2.36. The van der Waals surface area contributed by atoms with Gasteiger partial charge in [0.05, 0.1) is 26.3 Å². The lowest BCUT2D eigenvalue weighted by Crippen LogP contribution is -2.39. The standard InChI is InChI=1S/C17H16Cl3NO2S/c18-12-3-1-2-11(15(12)20)16(13-4-5-14(19)24-13)21-8-6-10(7-9-21)17(22)23/h1-5,10,16H,6-9H2,(H,22,23). The Bertz CT molecular complexity index is 741. The summed E-state index contributed by atoms with van der Waals surface area (Å²) in [6, 6.07) is 9.42. The van der Waals surface area contributed by atoms with Crippen molar-refractivity contribution < 1.29 is 9.90 Å². The van der Waals surface area contributed by atoms with Crippen LogP contribution in [0.5, 0.6) is 0 Å². The van der Waals surface area contributed by atoms with Crippen LogP contribution in [0, 0.1) is 5.92 Å². The molecular formula is C17H16Cl3NO2S. The number of hydrogen-bond acceptors (Lipinski definition) is 3. The summed E-state index contributed by atoms with van der Waals surface area (Å²) in [5, 5.41) is 10.3. The number of aliphatic carboxylic acids is 1. The highest BCUT2D eigenvalue weighted by molar-refractivity contribution is 7.16. The molecule has 128 valence electrons. The molecule has 24 heavy (non-hydrogen) atoms. The van der Waals surface area contributed by atoms with Gasteiger partial charge in [-0.2, -0.15) is 0 Å². The zero-order valence-corrected chi connectivity index (χ0v) is 15.8. The van der Waals surface area contributed by atoms with E-state index in [0.29, 0.717) is 40.3 Å². The summed E-state index contributed by atoms with van der Waals surface area (Å²) in [5.74, 6) is -0.991. The molecule has 2 heterocycles. The van der Waals surface area contributed by atoms with E-state index in [-0.39, 0.29) is 12.0 Å². The van der Waals surface area contributed by atoms with Crippen LogP contribution in [-0.2, 0) is 4.79 Å². The SMILES string of the molecule is O=C(O)C1CCN(C(c2ccc(Cl)s2)c2cccc(Cl)c2Cl)CC1. The quantitative estimate of drug-likeness (QED) is 0.721. The molecule has 1 aromatic carbocycles. The van der Waals surface area contributed by atoms with E-state index in [0.717, 1.165) is 10.4 Å². The Morgan fingerprint density at radius 1 is 1.17 bits per heavy atom. The van der Waals surface area contributed by atoms with Gasteiger partial charge in [0.1, 0.15) is 0 Å². The Hall–Kier alpha value is -0.780. The molecule has 0 spiro atoms. The summed E-state index contributed by atoms with van der Waals surface area (Å²) in [6.45, 7) is 1.39. The topological polar surface area (TPSA) is 40.5 Å². The van der Waals surface area contributed by atoms with Gasteiger partial charge in [-0.05, 0) is 49.7 Å². The van der Waals surface area contributed by atoms with Crippen molar-refractivity contribution in [1.29, 1.82) is 0 Å². The Labute approximate surface area is 159 Å². The fourth-order valence-electron chi connectivity index (χ4n) is 3.14. The number of carboxylic acids is 1. The molecule has 1 fully saturated rings. The molecule has 1 N–H and O–H groups in total. The Balaban J connectivity index is 1.95. The lowest BCUT2D eigenvalue weighted by atomic mass is 9.94. The van der Waals surface area contributed by atoms with Gasteiger partial charge in [-0.15, -0.1) is 11.3 Å². The van der Waals surface area contributed by atoms with Gasteiger partial charge in [0, 0.05) is 4.88 Å². The molecule has 1 aliphatic heterocycles. The maximum absolute atomic E-state index is 11.2. The molecule has 0 bridgehead atoms. The zero-order valence-electron chi connectivity index (χ0n) is 12.7. The number of carbonyl (C=O) groups is 1. The van der Waals surface area contributed by atoms with Crippen molar-refractivity contribution in [1.82, 2.24) is 4.90 Å². The number of benzene rings is 1. The van der Waals surface area contributed by atoms with Crippen LogP contribution in [0.25, 0.3) is 0 Å². The van der Waals surface area contributed by atoms with E-state index in [4.69, 9.17) is 34.8 Å². The average Bonchev–Trinajstić information content (AvgIpc) is 2.98. The molecule has 0 saturated carbocycles. The van der Waals surface area contributed by atoms with Gasteiger partial charge in [0.2, 0.25) is 0 Å². The summed E-state index contributed by atoms with van der Waals surface area (Å²) in [6.07, 6.45) is 1.26. The van der Waals surface area contributed by atoms with Crippen LogP contribution >= 0.6 is 46.1 Å². The summed E-state index contributed by atoms with van der Waals surface area (Å²) >= 11 is 20.3. The van der Waals surface area contributed by atoms with Gasteiger partial charge >= 0.3 is 5.97 Å². The van der Waals surface area contributed by atoms with Gasteiger partial charge in [0.25, 0.3) is 0 Å². The number of piperidine rings is 1. The van der Waals surface area contributed by atoms with Crippen molar-refractivity contribution in [3.8, 4) is 0 Å². The van der Waals surface area contributed by atoms with Crippen molar-refractivity contribution in [2.24, 2.45) is 5.92 Å². The third kappa shape index (κ3) is 3.73. The maximum Gasteiger partial charge on any atom is 0.306 e. The predicted octanol–water partition coefficient (Wildman–Crippen LogP) is 5.59. The zero-order chi connectivity index (χ0) is 17.3. The first-order valence-corrected chi connectivity index (χ1v) is 9.58. The van der Waals surface area contributed by atoms with Crippen molar-refractivity contribution >= 4 is 52.1 Å². The third-order valence-corrected chi connectivity index (χ3v) is 6.50. The highest BCUT2D eigenvalue weighted by Crippen LogP contribution is 2.41. The lowest BCUT2D eigenvalue weighted by molar-refractivity contribution is -0.143. The smallest absolute Gasteiger partial charge is 0.306 e. The second kappa shape index (κ2) is 7.63. The minimum atomic E-state index is -0.717. The molecule has 1 unspecified atom stereocenters. The van der Waals surface area contributed by atoms with Crippen LogP contribution in [0.4, 0.5) is 0 Å². The minimum Gasteiger partial charge on any atom is -0.481 e. The van der Waals surface area contributed by atoms with Gasteiger partial charge < -0.3 is 5.11 Å².